The first-order valence-electron chi connectivity index (χ1n) is 9.88. The van der Waals surface area contributed by atoms with Crippen LogP contribution in [-0.4, -0.2) is 53.3 Å². The smallest absolute Gasteiger partial charge is 0.246 e. The van der Waals surface area contributed by atoms with Gasteiger partial charge in [-0.05, 0) is 49.0 Å². The highest BCUT2D eigenvalue weighted by Gasteiger charge is 2.69. The van der Waals surface area contributed by atoms with Gasteiger partial charge in [-0.1, -0.05) is 20.4 Å². The number of hydrogen-bond acceptors (Lipinski definition) is 4. The Kier molecular flexibility index (Phi) is 5.25. The Balaban J connectivity index is 1.74. The van der Waals surface area contributed by atoms with Crippen LogP contribution in [0.1, 0.15) is 40.5 Å². The van der Waals surface area contributed by atoms with Crippen LogP contribution >= 0.6 is 0 Å². The summed E-state index contributed by atoms with van der Waals surface area (Å²) in [7, 11) is 0. The van der Waals surface area contributed by atoms with E-state index in [-0.39, 0.29) is 46.8 Å². The third kappa shape index (κ3) is 3.77. The maximum atomic E-state index is 13.2. The van der Waals surface area contributed by atoms with Crippen LogP contribution in [0.25, 0.3) is 0 Å². The lowest BCUT2D eigenvalue weighted by Crippen LogP contribution is -2.58. The van der Waals surface area contributed by atoms with Crippen molar-refractivity contribution in [2.75, 3.05) is 6.54 Å². The molecule has 0 bridgehead atoms. The number of nitrogens with one attached hydrogen (secondary N) is 3. The van der Waals surface area contributed by atoms with Crippen molar-refractivity contribution in [3.63, 3.8) is 0 Å². The molecule has 0 radical (unpaired) electrons. The number of amides is 4. The minimum atomic E-state index is -0.592. The maximum absolute atomic E-state index is 13.2. The number of fused-ring (bicyclic) bond motifs is 1. The van der Waals surface area contributed by atoms with Gasteiger partial charge in [0.15, 0.2) is 0 Å². The zero-order valence-electron chi connectivity index (χ0n) is 17.0. The van der Waals surface area contributed by atoms with Gasteiger partial charge in [-0.3, -0.25) is 19.2 Å². The fraction of sp³-hybridized carbons (Fsp3) is 0.700. The highest BCUT2D eigenvalue weighted by Crippen LogP contribution is 2.65. The lowest BCUT2D eigenvalue weighted by molar-refractivity contribution is -0.143. The molecule has 3 fully saturated rings. The lowest BCUT2D eigenvalue weighted by Gasteiger charge is -2.33. The maximum Gasteiger partial charge on any atom is 0.246 e. The highest BCUT2D eigenvalue weighted by atomic mass is 16.2. The van der Waals surface area contributed by atoms with Gasteiger partial charge in [-0.25, -0.2) is 0 Å². The van der Waals surface area contributed by atoms with Crippen LogP contribution in [0.15, 0.2) is 12.7 Å². The molecule has 5 atom stereocenters. The number of nitrogens with zero attached hydrogens (tertiary/aromatic N) is 1. The molecule has 28 heavy (non-hydrogen) atoms. The van der Waals surface area contributed by atoms with Gasteiger partial charge in [-0.2, -0.15) is 0 Å². The molecule has 0 unspecified atom stereocenters. The van der Waals surface area contributed by atoms with Crippen LogP contribution in [0, 0.1) is 23.2 Å². The molecule has 0 aromatic heterocycles. The first-order valence-corrected chi connectivity index (χ1v) is 9.88. The Morgan fingerprint density at radius 1 is 1.14 bits per heavy atom. The van der Waals surface area contributed by atoms with Crippen LogP contribution in [0.3, 0.4) is 0 Å². The van der Waals surface area contributed by atoms with Gasteiger partial charge in [0.05, 0.1) is 6.17 Å². The molecule has 3 aliphatic rings. The Bertz CT molecular complexity index is 715. The van der Waals surface area contributed by atoms with Crippen molar-refractivity contribution < 1.29 is 19.2 Å². The molecule has 3 N–H and O–H groups in total. The number of carbonyl (C=O) groups excluding carboxylic acids is 4. The van der Waals surface area contributed by atoms with E-state index in [2.05, 4.69) is 36.4 Å². The normalized spacial score (nSPS) is 29.1. The fourth-order valence-corrected chi connectivity index (χ4v) is 4.63. The average Bonchev–Trinajstić information content (AvgIpc) is 3.47. The molecule has 154 valence electrons. The second-order valence-electron chi connectivity index (χ2n) is 8.85. The summed E-state index contributed by atoms with van der Waals surface area (Å²) < 4.78 is 0. The zero-order chi connectivity index (χ0) is 20.8. The van der Waals surface area contributed by atoms with E-state index in [0.717, 1.165) is 18.9 Å². The van der Waals surface area contributed by atoms with Gasteiger partial charge in [0.25, 0.3) is 0 Å². The topological polar surface area (TPSA) is 108 Å². The first-order chi connectivity index (χ1) is 13.1. The molecule has 0 spiro atoms. The summed E-state index contributed by atoms with van der Waals surface area (Å²) in [4.78, 5) is 50.9. The van der Waals surface area contributed by atoms with Crippen molar-refractivity contribution >= 4 is 23.6 Å². The lowest BCUT2D eigenvalue weighted by atomic mass is 9.99. The molecule has 2 aliphatic carbocycles. The van der Waals surface area contributed by atoms with Crippen LogP contribution < -0.4 is 16.0 Å². The monoisotopic (exact) mass is 390 g/mol. The van der Waals surface area contributed by atoms with Crippen LogP contribution in [0.5, 0.6) is 0 Å². The van der Waals surface area contributed by atoms with Gasteiger partial charge < -0.3 is 20.9 Å². The van der Waals surface area contributed by atoms with Gasteiger partial charge in [-0.15, -0.1) is 0 Å². The number of hydrogen-bond donors (Lipinski definition) is 3. The Morgan fingerprint density at radius 2 is 1.79 bits per heavy atom. The van der Waals surface area contributed by atoms with E-state index < -0.39 is 18.2 Å². The molecule has 4 amide bonds. The third-order valence-electron chi connectivity index (χ3n) is 6.38. The molecule has 3 rings (SSSR count). The van der Waals surface area contributed by atoms with E-state index in [4.69, 9.17) is 0 Å². The van der Waals surface area contributed by atoms with E-state index in [1.54, 1.807) is 11.8 Å². The molecule has 2 saturated carbocycles. The molecule has 1 saturated heterocycles. The van der Waals surface area contributed by atoms with Crippen molar-refractivity contribution in [3.8, 4) is 0 Å². The van der Waals surface area contributed by atoms with Gasteiger partial charge in [0.2, 0.25) is 23.6 Å². The predicted octanol–water partition coefficient (Wildman–Crippen LogP) is 0.149. The van der Waals surface area contributed by atoms with Crippen molar-refractivity contribution in [1.82, 2.24) is 20.9 Å². The Labute approximate surface area is 165 Å². The van der Waals surface area contributed by atoms with E-state index in [0.29, 0.717) is 6.54 Å². The Morgan fingerprint density at radius 3 is 2.32 bits per heavy atom. The van der Waals surface area contributed by atoms with Gasteiger partial charge in [0, 0.05) is 13.5 Å². The molecule has 1 heterocycles. The first kappa shape index (κ1) is 20.4. The second kappa shape index (κ2) is 7.22. The van der Waals surface area contributed by atoms with E-state index in [9.17, 15) is 19.2 Å². The SMILES string of the molecule is C=CC(=O)N[C@H](C)NC(=O)[C@@H]1[C@@H]2[C@H](CN1C(=O)[C@@H](NC(C)=O)C1CC1)C2(C)C. The summed E-state index contributed by atoms with van der Waals surface area (Å²) in [6.07, 6.45) is 2.38. The predicted molar refractivity (Wildman–Crippen MR) is 103 cm³/mol. The Hall–Kier alpha value is -2.38. The molecule has 1 aliphatic heterocycles. The van der Waals surface area contributed by atoms with Gasteiger partial charge in [0.1, 0.15) is 12.1 Å². The average molecular weight is 390 g/mol. The largest absolute Gasteiger partial charge is 0.344 e. The standard InChI is InChI=1S/C20H30N4O4/c1-6-14(26)21-10(2)22-18(27)17-15-13(20(15,4)5)9-24(17)19(28)16(12-7-8-12)23-11(3)25/h6,10,12-13,15-17H,1,7-9H2,2-5H3,(H,21,26)(H,22,27)(H,23,25)/t10-,13-,15-,16-,17-/m0/s1. The molecular formula is C20H30N4O4. The van der Waals surface area contributed by atoms with Crippen molar-refractivity contribution in [3.05, 3.63) is 12.7 Å². The number of rotatable bonds is 7. The fourth-order valence-electron chi connectivity index (χ4n) is 4.63. The molecule has 8 nitrogen and oxygen atoms in total. The van der Waals surface area contributed by atoms with Crippen LogP contribution in [-0.2, 0) is 19.2 Å². The highest BCUT2D eigenvalue weighted by molar-refractivity contribution is 5.94. The van der Waals surface area contributed by atoms with Crippen LogP contribution in [0.4, 0.5) is 0 Å². The van der Waals surface area contributed by atoms with E-state index >= 15 is 0 Å². The minimum absolute atomic E-state index is 0.00449. The number of piperidine rings is 1. The molecule has 8 heteroatoms. The van der Waals surface area contributed by atoms with E-state index in [1.165, 1.54) is 6.92 Å². The zero-order valence-corrected chi connectivity index (χ0v) is 17.0. The van der Waals surface area contributed by atoms with Gasteiger partial charge >= 0.3 is 0 Å². The number of carbonyl (C=O) groups is 4. The number of likely N-dealkylation sites (tertiary alicyclic amines) is 1. The molecular weight excluding hydrogens is 360 g/mol. The summed E-state index contributed by atoms with van der Waals surface area (Å²) in [6.45, 7) is 11.2. The summed E-state index contributed by atoms with van der Waals surface area (Å²) in [6, 6.07) is -1.16. The summed E-state index contributed by atoms with van der Waals surface area (Å²) in [5.41, 5.74) is -0.00449. The van der Waals surface area contributed by atoms with Crippen molar-refractivity contribution in [2.45, 2.75) is 58.8 Å². The van der Waals surface area contributed by atoms with Crippen molar-refractivity contribution in [2.24, 2.45) is 23.2 Å². The summed E-state index contributed by atoms with van der Waals surface area (Å²) >= 11 is 0. The third-order valence-corrected chi connectivity index (χ3v) is 6.38. The van der Waals surface area contributed by atoms with Crippen molar-refractivity contribution in [1.29, 1.82) is 0 Å². The molecule has 0 aromatic rings. The van der Waals surface area contributed by atoms with E-state index in [1.807, 2.05) is 0 Å². The quantitative estimate of drug-likeness (QED) is 0.425. The van der Waals surface area contributed by atoms with Crippen LogP contribution in [0.2, 0.25) is 0 Å². The minimum Gasteiger partial charge on any atom is -0.344 e. The summed E-state index contributed by atoms with van der Waals surface area (Å²) in [5.74, 6) is -0.577. The summed E-state index contributed by atoms with van der Waals surface area (Å²) in [5, 5.41) is 8.17. The second-order valence-corrected chi connectivity index (χ2v) is 8.85. The molecule has 0 aromatic carbocycles.